The largest absolute Gasteiger partial charge is 0.497 e. The minimum Gasteiger partial charge on any atom is -0.497 e. The van der Waals surface area contributed by atoms with Crippen LogP contribution in [0, 0.1) is 0 Å². The van der Waals surface area contributed by atoms with Crippen LogP contribution in [0.5, 0.6) is 11.5 Å². The first-order valence-electron chi connectivity index (χ1n) is 13.0. The Morgan fingerprint density at radius 2 is 1.71 bits per heavy atom. The van der Waals surface area contributed by atoms with Crippen molar-refractivity contribution in [2.75, 3.05) is 37.9 Å². The third-order valence-corrected chi connectivity index (χ3v) is 8.06. The van der Waals surface area contributed by atoms with Gasteiger partial charge in [-0.2, -0.15) is 0 Å². The minimum absolute atomic E-state index is 0.0957. The molecule has 0 radical (unpaired) electrons. The molecule has 0 saturated heterocycles. The normalized spacial score (nSPS) is 14.8. The van der Waals surface area contributed by atoms with Crippen LogP contribution in [-0.2, 0) is 26.0 Å². The summed E-state index contributed by atoms with van der Waals surface area (Å²) in [6.07, 6.45) is 6.71. The van der Waals surface area contributed by atoms with Crippen molar-refractivity contribution in [1.82, 2.24) is 10.2 Å². The van der Waals surface area contributed by atoms with Crippen LogP contribution in [-0.4, -0.2) is 70.8 Å². The maximum Gasteiger partial charge on any atom is 0.244 e. The smallest absolute Gasteiger partial charge is 0.244 e. The van der Waals surface area contributed by atoms with Crippen molar-refractivity contribution in [2.45, 2.75) is 57.5 Å². The van der Waals surface area contributed by atoms with Crippen LogP contribution >= 0.6 is 0 Å². The van der Waals surface area contributed by atoms with Gasteiger partial charge in [-0.05, 0) is 43.9 Å². The van der Waals surface area contributed by atoms with E-state index in [1.165, 1.54) is 31.6 Å². The predicted molar refractivity (Wildman–Crippen MR) is 148 cm³/mol. The number of ether oxygens (including phenoxy) is 2. The van der Waals surface area contributed by atoms with Crippen LogP contribution in [0.4, 0.5) is 5.69 Å². The van der Waals surface area contributed by atoms with Crippen molar-refractivity contribution in [3.05, 3.63) is 54.1 Å². The van der Waals surface area contributed by atoms with Gasteiger partial charge in [0.1, 0.15) is 24.1 Å². The number of hydrogen-bond acceptors (Lipinski definition) is 6. The number of carbonyl (C=O) groups excluding carboxylic acids is 2. The average Bonchev–Trinajstić information content (AvgIpc) is 2.91. The Labute approximate surface area is 226 Å². The van der Waals surface area contributed by atoms with Crippen molar-refractivity contribution in [3.8, 4) is 11.5 Å². The van der Waals surface area contributed by atoms with Crippen molar-refractivity contribution in [2.24, 2.45) is 0 Å². The molecule has 1 aliphatic carbocycles. The average molecular weight is 546 g/mol. The third-order valence-electron chi connectivity index (χ3n) is 6.94. The molecule has 0 spiro atoms. The lowest BCUT2D eigenvalue weighted by molar-refractivity contribution is -0.139. The van der Waals surface area contributed by atoms with Crippen molar-refractivity contribution in [1.29, 1.82) is 0 Å². The predicted octanol–water partition coefficient (Wildman–Crippen LogP) is 3.38. The molecular weight excluding hydrogens is 506 g/mol. The number of sulfonamides is 1. The second-order valence-electron chi connectivity index (χ2n) is 9.65. The zero-order chi connectivity index (χ0) is 27.7. The fourth-order valence-corrected chi connectivity index (χ4v) is 5.57. The number of anilines is 1. The zero-order valence-corrected chi connectivity index (χ0v) is 23.5. The summed E-state index contributed by atoms with van der Waals surface area (Å²) in [6.45, 7) is 1.46. The molecule has 1 saturated carbocycles. The second kappa shape index (κ2) is 13.5. The lowest BCUT2D eigenvalue weighted by Crippen LogP contribution is -2.53. The summed E-state index contributed by atoms with van der Waals surface area (Å²) < 4.78 is 37.4. The molecule has 0 aliphatic heterocycles. The van der Waals surface area contributed by atoms with Crippen LogP contribution in [0.15, 0.2) is 48.5 Å². The number of hydrogen-bond donors (Lipinski definition) is 1. The third kappa shape index (κ3) is 7.86. The Bertz CT molecular complexity index is 1180. The molecule has 9 nitrogen and oxygen atoms in total. The fraction of sp³-hybridized carbons (Fsp3) is 0.500. The highest BCUT2D eigenvalue weighted by Crippen LogP contribution is 2.34. The molecule has 1 fully saturated rings. The molecule has 0 aromatic heterocycles. The monoisotopic (exact) mass is 545 g/mol. The van der Waals surface area contributed by atoms with Gasteiger partial charge in [-0.15, -0.1) is 0 Å². The molecule has 2 amide bonds. The van der Waals surface area contributed by atoms with Gasteiger partial charge in [0.2, 0.25) is 21.8 Å². The van der Waals surface area contributed by atoms with E-state index in [1.807, 2.05) is 30.3 Å². The number of amides is 2. The van der Waals surface area contributed by atoms with E-state index in [2.05, 4.69) is 5.32 Å². The Morgan fingerprint density at radius 3 is 2.32 bits per heavy atom. The zero-order valence-electron chi connectivity index (χ0n) is 22.7. The highest BCUT2D eigenvalue weighted by molar-refractivity contribution is 7.92. The topological polar surface area (TPSA) is 105 Å². The summed E-state index contributed by atoms with van der Waals surface area (Å²) in [6, 6.07) is 13.7. The van der Waals surface area contributed by atoms with Gasteiger partial charge in [-0.1, -0.05) is 49.6 Å². The summed E-state index contributed by atoms with van der Waals surface area (Å²) >= 11 is 0. The van der Waals surface area contributed by atoms with Gasteiger partial charge in [-0.3, -0.25) is 13.9 Å². The number of nitrogens with one attached hydrogen (secondary N) is 1. The summed E-state index contributed by atoms with van der Waals surface area (Å²) in [5, 5.41) is 3.10. The van der Waals surface area contributed by atoms with Gasteiger partial charge < -0.3 is 19.7 Å². The van der Waals surface area contributed by atoms with Crippen LogP contribution < -0.4 is 19.1 Å². The first-order valence-corrected chi connectivity index (χ1v) is 14.8. The Morgan fingerprint density at radius 1 is 1.03 bits per heavy atom. The van der Waals surface area contributed by atoms with Crippen LogP contribution in [0.2, 0.25) is 0 Å². The first kappa shape index (κ1) is 29.3. The van der Waals surface area contributed by atoms with E-state index in [0.29, 0.717) is 12.2 Å². The standard InChI is InChI=1S/C28H39N3O6S/c1-21(28(33)29-23-13-9-6-10-14-23)30(18-17-22-11-7-5-8-12-22)27(32)20-31(38(4,34)35)25-19-24(36-2)15-16-26(25)37-3/h5,7-8,11-12,15-16,19,21,23H,6,9-10,13-14,17-18,20H2,1-4H3,(H,29,33). The number of carbonyl (C=O) groups is 2. The summed E-state index contributed by atoms with van der Waals surface area (Å²) in [7, 11) is -0.990. The molecule has 0 heterocycles. The van der Waals surface area contributed by atoms with E-state index in [9.17, 15) is 18.0 Å². The maximum atomic E-state index is 13.8. The van der Waals surface area contributed by atoms with E-state index in [-0.39, 0.29) is 29.9 Å². The number of nitrogens with zero attached hydrogens (tertiary/aromatic N) is 2. The molecule has 1 N–H and O–H groups in total. The van der Waals surface area contributed by atoms with Gasteiger partial charge in [0.15, 0.2) is 0 Å². The van der Waals surface area contributed by atoms with E-state index < -0.39 is 28.5 Å². The summed E-state index contributed by atoms with van der Waals surface area (Å²) in [5.74, 6) is -0.0169. The Balaban J connectivity index is 1.88. The van der Waals surface area contributed by atoms with E-state index in [4.69, 9.17) is 9.47 Å². The summed E-state index contributed by atoms with van der Waals surface area (Å²) in [5.41, 5.74) is 1.20. The fourth-order valence-electron chi connectivity index (χ4n) is 4.73. The lowest BCUT2D eigenvalue weighted by atomic mass is 9.95. The summed E-state index contributed by atoms with van der Waals surface area (Å²) in [4.78, 5) is 28.5. The SMILES string of the molecule is COc1ccc(OC)c(N(CC(=O)N(CCc2ccccc2)C(C)C(=O)NC2CCCCC2)S(C)(=O)=O)c1. The molecule has 1 unspecified atom stereocenters. The van der Waals surface area contributed by atoms with Crippen molar-refractivity contribution in [3.63, 3.8) is 0 Å². The maximum absolute atomic E-state index is 13.8. The van der Waals surface area contributed by atoms with E-state index >= 15 is 0 Å². The molecule has 3 rings (SSSR count). The molecule has 208 valence electrons. The van der Waals surface area contributed by atoms with Gasteiger partial charge in [0.25, 0.3) is 0 Å². The van der Waals surface area contributed by atoms with Crippen LogP contribution in [0.25, 0.3) is 0 Å². The van der Waals surface area contributed by atoms with Gasteiger partial charge >= 0.3 is 0 Å². The Kier molecular flexibility index (Phi) is 10.4. The Hall–Kier alpha value is -3.27. The van der Waals surface area contributed by atoms with E-state index in [1.54, 1.807) is 19.1 Å². The van der Waals surface area contributed by atoms with Crippen LogP contribution in [0.3, 0.4) is 0 Å². The van der Waals surface area contributed by atoms with Crippen molar-refractivity contribution < 1.29 is 27.5 Å². The molecule has 38 heavy (non-hydrogen) atoms. The lowest BCUT2D eigenvalue weighted by Gasteiger charge is -2.33. The number of rotatable bonds is 12. The first-order chi connectivity index (χ1) is 18.1. The second-order valence-corrected chi connectivity index (χ2v) is 11.6. The molecular formula is C28H39N3O6S. The van der Waals surface area contributed by atoms with Gasteiger partial charge in [-0.25, -0.2) is 8.42 Å². The number of methoxy groups -OCH3 is 2. The minimum atomic E-state index is -3.89. The van der Waals surface area contributed by atoms with Crippen molar-refractivity contribution >= 4 is 27.5 Å². The quantitative estimate of drug-likeness (QED) is 0.439. The van der Waals surface area contributed by atoms with Crippen LogP contribution in [0.1, 0.15) is 44.6 Å². The molecule has 2 aromatic rings. The highest BCUT2D eigenvalue weighted by atomic mass is 32.2. The molecule has 10 heteroatoms. The highest BCUT2D eigenvalue weighted by Gasteiger charge is 2.32. The molecule has 1 atom stereocenters. The van der Waals surface area contributed by atoms with Gasteiger partial charge in [0, 0.05) is 18.7 Å². The molecule has 2 aromatic carbocycles. The van der Waals surface area contributed by atoms with E-state index in [0.717, 1.165) is 41.8 Å². The molecule has 0 bridgehead atoms. The van der Waals surface area contributed by atoms with Gasteiger partial charge in [0.05, 0.1) is 26.2 Å². The molecule has 1 aliphatic rings. The number of benzene rings is 2.